The van der Waals surface area contributed by atoms with E-state index < -0.39 is 0 Å². The number of hydrogen-bond donors (Lipinski definition) is 1. The minimum Gasteiger partial charge on any atom is -0.493 e. The predicted octanol–water partition coefficient (Wildman–Crippen LogP) is 3.43. The van der Waals surface area contributed by atoms with Gasteiger partial charge >= 0.3 is 0 Å². The molecule has 1 spiro atoms. The second kappa shape index (κ2) is 8.62. The summed E-state index contributed by atoms with van der Waals surface area (Å²) >= 11 is 1.86. The van der Waals surface area contributed by atoms with Gasteiger partial charge < -0.3 is 14.8 Å². The number of para-hydroxylation sites is 1. The maximum absolute atomic E-state index is 13.0. The lowest BCUT2D eigenvalue weighted by Gasteiger charge is -2.38. The molecule has 1 fully saturated rings. The lowest BCUT2D eigenvalue weighted by atomic mass is 9.74. The average molecular weight is 421 g/mol. The molecule has 1 aromatic rings. The van der Waals surface area contributed by atoms with Crippen molar-refractivity contribution >= 4 is 35.8 Å². The van der Waals surface area contributed by atoms with Crippen molar-refractivity contribution in [2.24, 2.45) is 16.8 Å². The van der Waals surface area contributed by atoms with Crippen molar-refractivity contribution in [3.05, 3.63) is 48.1 Å². The lowest BCUT2D eigenvalue weighted by Crippen LogP contribution is -2.46. The molecule has 150 valence electrons. The molecule has 3 aliphatic rings. The molecule has 0 bridgehead atoms. The number of benzene rings is 1. The molecule has 0 saturated carbocycles. The lowest BCUT2D eigenvalue weighted by molar-refractivity contribution is -0.125. The molecule has 1 N–H and O–H groups in total. The van der Waals surface area contributed by atoms with Gasteiger partial charge in [0.15, 0.2) is 11.5 Å². The van der Waals surface area contributed by atoms with E-state index in [0.29, 0.717) is 24.0 Å². The summed E-state index contributed by atoms with van der Waals surface area (Å²) in [6.45, 7) is 1.23. The Balaban J connectivity index is 0.00000225. The maximum atomic E-state index is 13.0. The number of methoxy groups -OCH3 is 2. The van der Waals surface area contributed by atoms with Crippen molar-refractivity contribution in [1.82, 2.24) is 5.32 Å². The second-order valence-corrected chi connectivity index (χ2v) is 8.26. The fourth-order valence-corrected chi connectivity index (χ4v) is 6.12. The second-order valence-electron chi connectivity index (χ2n) is 6.96. The molecule has 3 atom stereocenters. The summed E-state index contributed by atoms with van der Waals surface area (Å²) in [5, 5.41) is 3.12. The smallest absolute Gasteiger partial charge is 0.224 e. The number of carbonyl (C=O) groups is 1. The average Bonchev–Trinajstić information content (AvgIpc) is 3.09. The topological polar surface area (TPSA) is 59.9 Å². The monoisotopic (exact) mass is 420 g/mol. The molecule has 2 aliphatic heterocycles. The molecule has 1 aliphatic carbocycles. The van der Waals surface area contributed by atoms with Crippen LogP contribution < -0.4 is 14.8 Å². The summed E-state index contributed by atoms with van der Waals surface area (Å²) < 4.78 is 10.7. The highest BCUT2D eigenvalue weighted by molar-refractivity contribution is 8.02. The van der Waals surface area contributed by atoms with Crippen LogP contribution >= 0.6 is 24.2 Å². The van der Waals surface area contributed by atoms with Gasteiger partial charge in [-0.05, 0) is 24.5 Å². The molecule has 28 heavy (non-hydrogen) atoms. The van der Waals surface area contributed by atoms with Crippen LogP contribution in [0.2, 0.25) is 0 Å². The first kappa shape index (κ1) is 20.8. The number of nitrogens with one attached hydrogen (secondary N) is 1. The van der Waals surface area contributed by atoms with Crippen LogP contribution in [0.1, 0.15) is 12.0 Å². The molecular weight excluding hydrogens is 396 g/mol. The number of halogens is 1. The van der Waals surface area contributed by atoms with E-state index in [4.69, 9.17) is 14.5 Å². The van der Waals surface area contributed by atoms with E-state index in [-0.39, 0.29) is 29.0 Å². The zero-order valence-corrected chi connectivity index (χ0v) is 17.6. The molecule has 3 unspecified atom stereocenters. The van der Waals surface area contributed by atoms with E-state index in [1.807, 2.05) is 36.0 Å². The Morgan fingerprint density at radius 2 is 2.18 bits per heavy atom. The van der Waals surface area contributed by atoms with Crippen molar-refractivity contribution in [3.63, 3.8) is 0 Å². The molecule has 7 heteroatoms. The fraction of sp³-hybridized carbons (Fsp3) is 0.429. The van der Waals surface area contributed by atoms with Gasteiger partial charge in [0, 0.05) is 24.4 Å². The van der Waals surface area contributed by atoms with Gasteiger partial charge in [-0.15, -0.1) is 24.2 Å². The number of nitrogens with zero attached hydrogens (tertiary/aromatic N) is 1. The van der Waals surface area contributed by atoms with Gasteiger partial charge in [0.1, 0.15) is 0 Å². The van der Waals surface area contributed by atoms with Crippen molar-refractivity contribution in [1.29, 1.82) is 0 Å². The van der Waals surface area contributed by atoms with E-state index >= 15 is 0 Å². The summed E-state index contributed by atoms with van der Waals surface area (Å²) in [6.07, 6.45) is 9.41. The minimum absolute atomic E-state index is 0. The van der Waals surface area contributed by atoms with Crippen molar-refractivity contribution in [2.45, 2.75) is 17.7 Å². The van der Waals surface area contributed by atoms with Gasteiger partial charge in [-0.1, -0.05) is 30.4 Å². The van der Waals surface area contributed by atoms with E-state index in [1.165, 1.54) is 0 Å². The highest BCUT2D eigenvalue weighted by Gasteiger charge is 2.53. The number of carbonyl (C=O) groups excluding carboxylic acids is 1. The third kappa shape index (κ3) is 3.44. The summed E-state index contributed by atoms with van der Waals surface area (Å²) in [4.78, 5) is 17.7. The zero-order valence-electron chi connectivity index (χ0n) is 16.0. The van der Waals surface area contributed by atoms with Crippen LogP contribution in [0, 0.1) is 11.8 Å². The molecule has 0 radical (unpaired) electrons. The number of ether oxygens (including phenoxy) is 2. The fourth-order valence-electron chi connectivity index (χ4n) is 4.33. The molecule has 5 nitrogen and oxygen atoms in total. The Morgan fingerprint density at radius 3 is 2.96 bits per heavy atom. The Labute approximate surface area is 176 Å². The van der Waals surface area contributed by atoms with Crippen LogP contribution in [0.25, 0.3) is 0 Å². The first-order valence-corrected chi connectivity index (χ1v) is 10.2. The Morgan fingerprint density at radius 1 is 1.32 bits per heavy atom. The maximum Gasteiger partial charge on any atom is 0.224 e. The number of allylic oxidation sites excluding steroid dienone is 3. The summed E-state index contributed by atoms with van der Waals surface area (Å²) in [7, 11) is 3.23. The number of thioether (sulfide) groups is 1. The van der Waals surface area contributed by atoms with Crippen LogP contribution in [0.5, 0.6) is 11.5 Å². The Kier molecular flexibility index (Phi) is 6.40. The van der Waals surface area contributed by atoms with Gasteiger partial charge in [0.25, 0.3) is 0 Å². The van der Waals surface area contributed by atoms with Crippen molar-refractivity contribution < 1.29 is 14.3 Å². The molecule has 1 saturated heterocycles. The van der Waals surface area contributed by atoms with Gasteiger partial charge in [-0.2, -0.15) is 0 Å². The summed E-state index contributed by atoms with van der Waals surface area (Å²) in [5.74, 6) is 2.56. The number of aliphatic imine (C=N–C) groups is 1. The van der Waals surface area contributed by atoms with Crippen LogP contribution in [0.3, 0.4) is 0 Å². The number of hydrogen-bond acceptors (Lipinski definition) is 5. The molecule has 4 rings (SSSR count). The third-order valence-electron chi connectivity index (χ3n) is 5.64. The summed E-state index contributed by atoms with van der Waals surface area (Å²) in [6, 6.07) is 5.71. The standard InChI is InChI=1S/C21H24N2O3S.ClH/c1-25-17-7-5-6-14(19(17)26-2)12-23-20(24)15-13-27-21-10-4-3-8-18(21)22-11-9-16(15)21;/h3-8,10,15-16H,9,11-13H2,1-2H3,(H,23,24);1H. The highest BCUT2D eigenvalue weighted by Crippen LogP contribution is 2.52. The predicted molar refractivity (Wildman–Crippen MR) is 116 cm³/mol. The number of amides is 1. The molecule has 2 heterocycles. The molecular formula is C21H25ClN2O3S. The quantitative estimate of drug-likeness (QED) is 0.792. The highest BCUT2D eigenvalue weighted by atomic mass is 35.5. The van der Waals surface area contributed by atoms with Crippen LogP contribution in [0.15, 0.2) is 47.5 Å². The Hall–Kier alpha value is -1.92. The van der Waals surface area contributed by atoms with Gasteiger partial charge in [0.05, 0.1) is 30.6 Å². The van der Waals surface area contributed by atoms with Crippen molar-refractivity contribution in [3.8, 4) is 11.5 Å². The van der Waals surface area contributed by atoms with E-state index in [9.17, 15) is 4.79 Å². The van der Waals surface area contributed by atoms with Gasteiger partial charge in [-0.25, -0.2) is 0 Å². The van der Waals surface area contributed by atoms with Gasteiger partial charge in [0.2, 0.25) is 5.91 Å². The van der Waals surface area contributed by atoms with Crippen LogP contribution in [-0.4, -0.2) is 42.9 Å². The van der Waals surface area contributed by atoms with E-state index in [0.717, 1.165) is 30.0 Å². The zero-order chi connectivity index (χ0) is 18.9. The van der Waals surface area contributed by atoms with Crippen molar-refractivity contribution in [2.75, 3.05) is 26.5 Å². The van der Waals surface area contributed by atoms with E-state index in [2.05, 4.69) is 23.5 Å². The first-order valence-electron chi connectivity index (χ1n) is 9.22. The molecule has 0 aromatic heterocycles. The number of rotatable bonds is 5. The SMILES string of the molecule is COc1cccc(CNC(=O)C2CSC34C=CC=CC3=NCCC24)c1OC.Cl. The molecule has 1 aromatic carbocycles. The third-order valence-corrected chi connectivity index (χ3v) is 7.30. The largest absolute Gasteiger partial charge is 0.493 e. The first-order chi connectivity index (χ1) is 13.2. The van der Waals surface area contributed by atoms with Crippen LogP contribution in [0.4, 0.5) is 0 Å². The normalized spacial score (nSPS) is 27.1. The van der Waals surface area contributed by atoms with Gasteiger partial charge in [-0.3, -0.25) is 9.79 Å². The summed E-state index contributed by atoms with van der Waals surface area (Å²) in [5.41, 5.74) is 2.04. The minimum atomic E-state index is -0.122. The Bertz CT molecular complexity index is 839. The molecule has 1 amide bonds. The van der Waals surface area contributed by atoms with E-state index in [1.54, 1.807) is 14.2 Å². The van der Waals surface area contributed by atoms with Crippen LogP contribution in [-0.2, 0) is 11.3 Å².